The fourth-order valence-electron chi connectivity index (χ4n) is 2.66. The van der Waals surface area contributed by atoms with Crippen LogP contribution in [0.1, 0.15) is 10.4 Å². The number of carbonyl (C=O) groups is 1. The predicted molar refractivity (Wildman–Crippen MR) is 115 cm³/mol. The Kier molecular flexibility index (Phi) is 7.05. The maximum atomic E-state index is 10.2. The van der Waals surface area contributed by atoms with Gasteiger partial charge in [0.05, 0.1) is 16.5 Å². The third kappa shape index (κ3) is 5.35. The summed E-state index contributed by atoms with van der Waals surface area (Å²) in [6.07, 6.45) is 0. The van der Waals surface area contributed by atoms with Crippen molar-refractivity contribution in [2.75, 3.05) is 0 Å². The second-order valence-corrected chi connectivity index (χ2v) is 7.94. The normalized spacial score (nSPS) is 10.0. The van der Waals surface area contributed by atoms with Gasteiger partial charge in [-0.05, 0) is 48.5 Å². The van der Waals surface area contributed by atoms with Crippen LogP contribution < -0.4 is 0 Å². The van der Waals surface area contributed by atoms with E-state index in [2.05, 4.69) is 91.0 Å². The van der Waals surface area contributed by atoms with E-state index in [4.69, 9.17) is 5.11 Å². The summed E-state index contributed by atoms with van der Waals surface area (Å²) >= 11 is 0. The van der Waals surface area contributed by atoms with Gasteiger partial charge in [-0.3, -0.25) is 0 Å². The Morgan fingerprint density at radius 2 is 0.786 bits per heavy atom. The van der Waals surface area contributed by atoms with Crippen LogP contribution in [0.2, 0.25) is 0 Å². The summed E-state index contributed by atoms with van der Waals surface area (Å²) in [5.74, 6) is -0.879. The second-order valence-electron chi connectivity index (χ2n) is 5.92. The number of carboxylic acids is 1. The first-order valence-corrected chi connectivity index (χ1v) is 10.2. The maximum absolute atomic E-state index is 10.2. The van der Waals surface area contributed by atoms with Crippen LogP contribution in [0.5, 0.6) is 0 Å². The highest BCUT2D eigenvalue weighted by Gasteiger charge is 2.27. The lowest BCUT2D eigenvalue weighted by molar-refractivity contribution is 0.0697. The Labute approximate surface area is 168 Å². The average molecular weight is 386 g/mol. The van der Waals surface area contributed by atoms with E-state index < -0.39 is 5.97 Å². The average Bonchev–Trinajstić information content (AvgIpc) is 2.77. The Hall–Kier alpha value is -3.30. The fraction of sp³-hybridized carbons (Fsp3) is 0. The first-order chi connectivity index (χ1) is 13.8. The van der Waals surface area contributed by atoms with Crippen molar-refractivity contribution in [1.29, 1.82) is 0 Å². The van der Waals surface area contributed by atoms with Crippen molar-refractivity contribution in [3.05, 3.63) is 127 Å². The lowest BCUT2D eigenvalue weighted by Gasteiger charge is -2.07. The van der Waals surface area contributed by atoms with Gasteiger partial charge in [0.1, 0.15) is 0 Å². The van der Waals surface area contributed by atoms with E-state index in [1.807, 2.05) is 0 Å². The van der Waals surface area contributed by atoms with Gasteiger partial charge in [-0.15, -0.1) is 0 Å². The van der Waals surface area contributed by atoms with E-state index in [0.29, 0.717) is 5.56 Å². The minimum atomic E-state index is -0.879. The summed E-state index contributed by atoms with van der Waals surface area (Å²) in [5.41, 5.74) is 0.331. The van der Waals surface area contributed by atoms with Gasteiger partial charge < -0.3 is 5.11 Å². The summed E-state index contributed by atoms with van der Waals surface area (Å²) in [4.78, 5) is 14.3. The monoisotopic (exact) mass is 385 g/mol. The molecule has 0 heterocycles. The second kappa shape index (κ2) is 10.1. The Morgan fingerprint density at radius 3 is 1.04 bits per heavy atom. The quantitative estimate of drug-likeness (QED) is 0.427. The molecule has 0 fully saturated rings. The van der Waals surface area contributed by atoms with E-state index in [1.165, 1.54) is 14.7 Å². The first kappa shape index (κ1) is 19.5. The van der Waals surface area contributed by atoms with Crippen LogP contribution in [0.4, 0.5) is 0 Å². The van der Waals surface area contributed by atoms with Gasteiger partial charge in [0, 0.05) is 0 Å². The Bertz CT molecular complexity index is 878. The summed E-state index contributed by atoms with van der Waals surface area (Å²) in [7, 11) is -0.0146. The van der Waals surface area contributed by atoms with Gasteiger partial charge >= 0.3 is 5.97 Å². The zero-order chi connectivity index (χ0) is 19.6. The number of hydrogen-bond donors (Lipinski definition) is 1. The smallest absolute Gasteiger partial charge is 0.335 e. The van der Waals surface area contributed by atoms with Crippen LogP contribution in [-0.2, 0) is 10.9 Å². The molecule has 0 radical (unpaired) electrons. The molecular weight excluding hydrogens is 364 g/mol. The van der Waals surface area contributed by atoms with Gasteiger partial charge in [-0.25, -0.2) is 4.79 Å². The largest absolute Gasteiger partial charge is 0.478 e. The highest BCUT2D eigenvalue weighted by molar-refractivity contribution is 7.97. The number of aromatic carboxylic acids is 1. The number of benzene rings is 4. The molecule has 2 nitrogen and oxygen atoms in total. The van der Waals surface area contributed by atoms with Crippen LogP contribution in [0.15, 0.2) is 136 Å². The highest BCUT2D eigenvalue weighted by atomic mass is 32.2. The molecule has 0 atom stereocenters. The first-order valence-electron chi connectivity index (χ1n) is 8.93. The minimum absolute atomic E-state index is 0.0146. The lowest BCUT2D eigenvalue weighted by atomic mass is 10.2. The maximum Gasteiger partial charge on any atom is 0.335 e. The molecule has 0 unspecified atom stereocenters. The van der Waals surface area contributed by atoms with E-state index in [9.17, 15) is 4.79 Å². The van der Waals surface area contributed by atoms with Crippen molar-refractivity contribution in [1.82, 2.24) is 0 Å². The van der Waals surface area contributed by atoms with E-state index in [-0.39, 0.29) is 10.9 Å². The zero-order valence-corrected chi connectivity index (χ0v) is 16.1. The molecular formula is C25H21O2S+. The van der Waals surface area contributed by atoms with E-state index >= 15 is 0 Å². The predicted octanol–water partition coefficient (Wildman–Crippen LogP) is 6.17. The number of carboxylic acid groups (broad SMARTS) is 1. The third-order valence-corrected chi connectivity index (χ3v) is 6.19. The van der Waals surface area contributed by atoms with Crippen LogP contribution in [0.25, 0.3) is 0 Å². The molecule has 0 bridgehead atoms. The Balaban J connectivity index is 0.000000211. The summed E-state index contributed by atoms with van der Waals surface area (Å²) in [6, 6.07) is 40.4. The topological polar surface area (TPSA) is 37.3 Å². The third-order valence-electron chi connectivity index (χ3n) is 3.96. The van der Waals surface area contributed by atoms with Crippen LogP contribution >= 0.6 is 0 Å². The molecule has 3 heteroatoms. The summed E-state index contributed by atoms with van der Waals surface area (Å²) < 4.78 is 0. The molecule has 0 aliphatic heterocycles. The molecule has 4 aromatic carbocycles. The van der Waals surface area contributed by atoms with Gasteiger partial charge in [-0.1, -0.05) is 72.8 Å². The van der Waals surface area contributed by atoms with Crippen molar-refractivity contribution >= 4 is 16.9 Å². The number of rotatable bonds is 4. The highest BCUT2D eigenvalue weighted by Crippen LogP contribution is 2.30. The van der Waals surface area contributed by atoms with Gasteiger partial charge in [0.15, 0.2) is 14.7 Å². The minimum Gasteiger partial charge on any atom is -0.478 e. The number of hydrogen-bond acceptors (Lipinski definition) is 1. The molecule has 4 aromatic rings. The molecule has 0 spiro atoms. The van der Waals surface area contributed by atoms with Crippen molar-refractivity contribution in [2.45, 2.75) is 14.7 Å². The molecule has 138 valence electrons. The van der Waals surface area contributed by atoms with Crippen molar-refractivity contribution in [3.8, 4) is 0 Å². The molecule has 0 aromatic heterocycles. The zero-order valence-electron chi connectivity index (χ0n) is 15.3. The molecule has 0 saturated carbocycles. The van der Waals surface area contributed by atoms with Gasteiger partial charge in [0.2, 0.25) is 0 Å². The van der Waals surface area contributed by atoms with E-state index in [1.54, 1.807) is 30.3 Å². The standard InChI is InChI=1S/C18H15S.C7H6O2/c1-4-10-16(11-5-1)19(17-12-6-2-7-13-17)18-14-8-3-9-15-18;8-7(9)6-4-2-1-3-5-6/h1-15H;1-5H,(H,8,9)/q+1;. The molecule has 0 aliphatic rings. The summed E-state index contributed by atoms with van der Waals surface area (Å²) in [6.45, 7) is 0. The molecule has 4 rings (SSSR count). The Morgan fingerprint density at radius 1 is 0.500 bits per heavy atom. The van der Waals surface area contributed by atoms with Crippen LogP contribution in [-0.4, -0.2) is 11.1 Å². The van der Waals surface area contributed by atoms with Crippen LogP contribution in [0.3, 0.4) is 0 Å². The SMILES string of the molecule is O=C(O)c1ccccc1.c1ccc([S+](c2ccccc2)c2ccccc2)cc1. The fourth-order valence-corrected chi connectivity index (χ4v) is 4.76. The molecule has 28 heavy (non-hydrogen) atoms. The van der Waals surface area contributed by atoms with E-state index in [0.717, 1.165) is 0 Å². The summed E-state index contributed by atoms with van der Waals surface area (Å²) in [5, 5.41) is 8.38. The molecule has 0 amide bonds. The molecule has 0 saturated heterocycles. The van der Waals surface area contributed by atoms with Crippen molar-refractivity contribution < 1.29 is 9.90 Å². The van der Waals surface area contributed by atoms with Gasteiger partial charge in [0.25, 0.3) is 0 Å². The molecule has 1 N–H and O–H groups in total. The van der Waals surface area contributed by atoms with Crippen LogP contribution in [0, 0.1) is 0 Å². The molecule has 0 aliphatic carbocycles. The van der Waals surface area contributed by atoms with Gasteiger partial charge in [-0.2, -0.15) is 0 Å². The lowest BCUT2D eigenvalue weighted by Crippen LogP contribution is -2.04. The van der Waals surface area contributed by atoms with Crippen molar-refractivity contribution in [2.24, 2.45) is 0 Å². The van der Waals surface area contributed by atoms with Crippen molar-refractivity contribution in [3.63, 3.8) is 0 Å².